The number of nitrogens with one attached hydrogen (secondary N) is 2. The Labute approximate surface area is 286 Å². The minimum Gasteiger partial charge on any atom is -0.459 e. The van der Waals surface area contributed by atoms with Gasteiger partial charge in [0.1, 0.15) is 42.5 Å². The van der Waals surface area contributed by atoms with E-state index in [2.05, 4.69) is 20.2 Å². The topological polar surface area (TPSA) is 211 Å². The minimum absolute atomic E-state index is 0.142. The van der Waals surface area contributed by atoms with Crippen LogP contribution in [0, 0.1) is 13.8 Å². The van der Waals surface area contributed by atoms with Crippen LogP contribution in [0.3, 0.4) is 0 Å². The second-order valence-electron chi connectivity index (χ2n) is 11.8. The van der Waals surface area contributed by atoms with Crippen molar-refractivity contribution in [3.8, 4) is 0 Å². The number of carbonyl (C=O) groups is 2. The van der Waals surface area contributed by atoms with Gasteiger partial charge in [0.15, 0.2) is 12.5 Å². The van der Waals surface area contributed by atoms with Gasteiger partial charge in [-0.1, -0.05) is 35.4 Å². The Balaban J connectivity index is 1.22. The molecule has 2 N–H and O–H groups in total. The molecule has 0 bridgehead atoms. The lowest BCUT2D eigenvalue weighted by atomic mass is 10.1. The van der Waals surface area contributed by atoms with Gasteiger partial charge in [-0.15, -0.1) is 5.10 Å². The summed E-state index contributed by atoms with van der Waals surface area (Å²) in [6, 6.07) is 15.9. The summed E-state index contributed by atoms with van der Waals surface area (Å²) in [4.78, 5) is 80.5. The van der Waals surface area contributed by atoms with Crippen LogP contribution in [0.15, 0.2) is 98.3 Å². The smallest absolute Gasteiger partial charge is 0.338 e. The molecule has 0 unspecified atom stereocenters. The van der Waals surface area contributed by atoms with Gasteiger partial charge in [-0.3, -0.25) is 28.7 Å². The van der Waals surface area contributed by atoms with Crippen LogP contribution in [0.2, 0.25) is 0 Å². The van der Waals surface area contributed by atoms with Crippen LogP contribution in [-0.2, 0) is 18.9 Å². The monoisotopic (exact) mass is 695 g/mol. The number of H-pyrrole nitrogens is 2. The third-order valence-electron chi connectivity index (χ3n) is 8.17. The van der Waals surface area contributed by atoms with Gasteiger partial charge in [-0.05, 0) is 44.2 Å². The number of aryl methyl sites for hydroxylation is 2. The van der Waals surface area contributed by atoms with E-state index in [0.717, 1.165) is 37.2 Å². The molecule has 7 rings (SSSR count). The van der Waals surface area contributed by atoms with Crippen LogP contribution in [0.25, 0.3) is 5.70 Å². The highest BCUT2D eigenvalue weighted by molar-refractivity contribution is 5.89. The number of hydrogen-bond donors (Lipinski definition) is 2. The molecular formula is C34H29N7O10. The molecule has 3 aromatic heterocycles. The molecule has 0 amide bonds. The summed E-state index contributed by atoms with van der Waals surface area (Å²) in [5.41, 5.74) is 0.257. The van der Waals surface area contributed by atoms with E-state index in [9.17, 15) is 28.8 Å². The largest absolute Gasteiger partial charge is 0.459 e. The number of rotatable bonds is 9. The average Bonchev–Trinajstić information content (AvgIpc) is 3.81. The van der Waals surface area contributed by atoms with Crippen molar-refractivity contribution in [2.75, 3.05) is 13.2 Å². The molecule has 0 spiro atoms. The number of carbonyl (C=O) groups excluding carboxylic acids is 2. The van der Waals surface area contributed by atoms with Crippen LogP contribution in [0.5, 0.6) is 0 Å². The first-order chi connectivity index (χ1) is 24.5. The molecule has 0 radical (unpaired) electrons. The quantitative estimate of drug-likeness (QED) is 0.209. The molecule has 0 fully saturated rings. The third-order valence-corrected chi connectivity index (χ3v) is 8.17. The van der Waals surface area contributed by atoms with Crippen LogP contribution in [-0.4, -0.2) is 65.4 Å². The van der Waals surface area contributed by atoms with Crippen molar-refractivity contribution in [3.63, 3.8) is 0 Å². The van der Waals surface area contributed by atoms with Crippen molar-refractivity contribution in [3.05, 3.63) is 154 Å². The molecule has 2 aliphatic heterocycles. The number of aromatic amines is 2. The summed E-state index contributed by atoms with van der Waals surface area (Å²) >= 11 is 0. The van der Waals surface area contributed by atoms with E-state index in [1.807, 2.05) is 13.8 Å². The number of benzene rings is 2. The zero-order chi connectivity index (χ0) is 35.8. The van der Waals surface area contributed by atoms with Gasteiger partial charge in [0.05, 0.1) is 11.1 Å². The number of fused-ring (bicyclic) bond motifs is 1. The van der Waals surface area contributed by atoms with Gasteiger partial charge < -0.3 is 18.9 Å². The van der Waals surface area contributed by atoms with E-state index in [4.69, 9.17) is 18.9 Å². The van der Waals surface area contributed by atoms with Gasteiger partial charge in [0.25, 0.3) is 11.1 Å². The zero-order valence-electron chi connectivity index (χ0n) is 27.0. The van der Waals surface area contributed by atoms with Crippen molar-refractivity contribution >= 4 is 17.6 Å². The summed E-state index contributed by atoms with van der Waals surface area (Å²) in [6.45, 7) is 3.21. The van der Waals surface area contributed by atoms with Gasteiger partial charge in [0, 0.05) is 24.5 Å². The Morgan fingerprint density at radius 3 is 1.75 bits per heavy atom. The molecule has 51 heavy (non-hydrogen) atoms. The van der Waals surface area contributed by atoms with E-state index in [-0.39, 0.29) is 30.3 Å². The molecular weight excluding hydrogens is 666 g/mol. The second kappa shape index (κ2) is 13.4. The Kier molecular flexibility index (Phi) is 8.72. The zero-order valence-corrected chi connectivity index (χ0v) is 27.0. The Hall–Kier alpha value is -6.46. The number of esters is 2. The fourth-order valence-electron chi connectivity index (χ4n) is 5.54. The van der Waals surface area contributed by atoms with Crippen molar-refractivity contribution < 1.29 is 28.5 Å². The molecule has 0 saturated heterocycles. The van der Waals surface area contributed by atoms with Crippen molar-refractivity contribution in [2.24, 2.45) is 0 Å². The molecule has 17 nitrogen and oxygen atoms in total. The highest BCUT2D eigenvalue weighted by atomic mass is 16.6. The van der Waals surface area contributed by atoms with Gasteiger partial charge in [-0.2, -0.15) is 9.90 Å². The van der Waals surface area contributed by atoms with E-state index in [0.29, 0.717) is 11.1 Å². The van der Waals surface area contributed by atoms with E-state index >= 15 is 0 Å². The summed E-state index contributed by atoms with van der Waals surface area (Å²) in [5, 5.41) is 9.20. The second-order valence-corrected chi connectivity index (χ2v) is 11.8. The maximum Gasteiger partial charge on any atom is 0.338 e. The normalized spacial score (nSPS) is 19.4. The van der Waals surface area contributed by atoms with Crippen LogP contribution in [0.4, 0.5) is 0 Å². The summed E-state index contributed by atoms with van der Waals surface area (Å²) in [7, 11) is 0. The first-order valence-electron chi connectivity index (χ1n) is 15.6. The number of hydrogen-bond acceptors (Lipinski definition) is 12. The fourth-order valence-corrected chi connectivity index (χ4v) is 5.54. The van der Waals surface area contributed by atoms with Crippen molar-refractivity contribution in [1.29, 1.82) is 0 Å². The number of aromatic nitrogens is 7. The highest BCUT2D eigenvalue weighted by Crippen LogP contribution is 2.39. The van der Waals surface area contributed by atoms with E-state index in [1.54, 1.807) is 54.6 Å². The molecule has 2 aromatic carbocycles. The Morgan fingerprint density at radius 1 is 0.686 bits per heavy atom. The lowest BCUT2D eigenvalue weighted by Crippen LogP contribution is -2.34. The lowest BCUT2D eigenvalue weighted by Gasteiger charge is -2.19. The van der Waals surface area contributed by atoms with Crippen LogP contribution >= 0.6 is 0 Å². The fraction of sp³-hybridized carbons (Fsp3) is 0.235. The van der Waals surface area contributed by atoms with Gasteiger partial charge in [0.2, 0.25) is 0 Å². The van der Waals surface area contributed by atoms with Crippen LogP contribution < -0.4 is 22.5 Å². The van der Waals surface area contributed by atoms with Gasteiger partial charge >= 0.3 is 23.3 Å². The minimum atomic E-state index is -1.21. The van der Waals surface area contributed by atoms with E-state index in [1.165, 1.54) is 12.4 Å². The maximum atomic E-state index is 12.9. The first-order valence-corrected chi connectivity index (χ1v) is 15.6. The van der Waals surface area contributed by atoms with Crippen molar-refractivity contribution in [1.82, 2.24) is 34.1 Å². The summed E-state index contributed by atoms with van der Waals surface area (Å²) < 4.78 is 25.5. The average molecular weight is 696 g/mol. The predicted octanol–water partition coefficient (Wildman–Crippen LogP) is 1.37. The number of ether oxygens (including phenoxy) is 4. The molecule has 260 valence electrons. The molecule has 0 aliphatic carbocycles. The SMILES string of the molecule is Cc1ccc(C(=O)OC[C@@H]2C=C(n3nc4c(n3)[C@@H](COC(=O)c3ccc(C)cc3)O[C@H]4n3ccc(=O)[nH]c3=O)[C@H](n3ccc(=O)[nH]c3=O)O2)cc1. The third kappa shape index (κ3) is 6.75. The standard InChI is InChI=1S/C34H29N7O10/c1-18-3-7-20(8-4-18)31(44)48-16-22-15-23(29(50-22)39-13-11-25(42)35-33(39)46)41-37-27-24(17-49-32(45)21-9-5-19(2)6-10-21)51-30(28(27)38-41)40-14-12-26(43)36-34(40)47/h3-15,22,24,29-30H,16-17H2,1-2H3,(H,35,42,46)(H,36,43,47)/t22-,24+,29+,30+/m0/s1. The molecule has 5 aromatic rings. The predicted molar refractivity (Wildman–Crippen MR) is 176 cm³/mol. The number of nitrogens with zero attached hydrogens (tertiary/aromatic N) is 5. The van der Waals surface area contributed by atoms with Gasteiger partial charge in [-0.25, -0.2) is 19.2 Å². The molecule has 17 heteroatoms. The summed E-state index contributed by atoms with van der Waals surface area (Å²) in [6.07, 6.45) is -0.309. The molecule has 5 heterocycles. The first kappa shape index (κ1) is 33.1. The Bertz CT molecular complexity index is 2400. The summed E-state index contributed by atoms with van der Waals surface area (Å²) in [5.74, 6) is -1.21. The lowest BCUT2D eigenvalue weighted by molar-refractivity contribution is -0.0465. The van der Waals surface area contributed by atoms with Crippen molar-refractivity contribution in [2.45, 2.75) is 38.5 Å². The van der Waals surface area contributed by atoms with Crippen LogP contribution in [0.1, 0.15) is 61.8 Å². The molecule has 4 atom stereocenters. The van der Waals surface area contributed by atoms with E-state index < -0.39 is 59.1 Å². The molecule has 0 saturated carbocycles. The highest BCUT2D eigenvalue weighted by Gasteiger charge is 2.42. The maximum absolute atomic E-state index is 12.9. The molecule has 2 aliphatic rings. The Morgan fingerprint density at radius 2 is 1.20 bits per heavy atom.